The van der Waals surface area contributed by atoms with Crippen LogP contribution in [0.5, 0.6) is 5.75 Å². The molecule has 3 rings (SSSR count). The number of anilines is 1. The largest absolute Gasteiger partial charge is 0.497 e. The van der Waals surface area contributed by atoms with E-state index in [9.17, 15) is 4.79 Å². The molecule has 0 radical (unpaired) electrons. The molecular weight excluding hydrogens is 288 g/mol. The highest BCUT2D eigenvalue weighted by Crippen LogP contribution is 2.17. The molecule has 4 nitrogen and oxygen atoms in total. The van der Waals surface area contributed by atoms with Crippen LogP contribution in [0.1, 0.15) is 5.56 Å². The van der Waals surface area contributed by atoms with E-state index in [0.29, 0.717) is 6.42 Å². The van der Waals surface area contributed by atoms with Gasteiger partial charge in [-0.3, -0.25) is 4.79 Å². The number of rotatable bonds is 5. The summed E-state index contributed by atoms with van der Waals surface area (Å²) in [5.41, 5.74) is 2.78. The van der Waals surface area contributed by atoms with Gasteiger partial charge in [-0.25, -0.2) is 0 Å². The van der Waals surface area contributed by atoms with Crippen molar-refractivity contribution >= 4 is 11.6 Å². The zero-order valence-electron chi connectivity index (χ0n) is 12.9. The van der Waals surface area contributed by atoms with Gasteiger partial charge in [0, 0.05) is 29.8 Å². The van der Waals surface area contributed by atoms with Crippen LogP contribution in [-0.2, 0) is 11.2 Å². The van der Waals surface area contributed by atoms with Crippen molar-refractivity contribution in [2.24, 2.45) is 0 Å². The van der Waals surface area contributed by atoms with Crippen LogP contribution in [0.3, 0.4) is 0 Å². The predicted molar refractivity (Wildman–Crippen MR) is 91.1 cm³/mol. The number of aromatic nitrogens is 1. The lowest BCUT2D eigenvalue weighted by atomic mass is 10.1. The molecule has 0 unspecified atom stereocenters. The van der Waals surface area contributed by atoms with E-state index in [1.54, 1.807) is 13.2 Å². The summed E-state index contributed by atoms with van der Waals surface area (Å²) < 4.78 is 7.18. The topological polar surface area (TPSA) is 43.3 Å². The molecule has 0 bridgehead atoms. The number of carbonyl (C=O) groups is 1. The summed E-state index contributed by atoms with van der Waals surface area (Å²) in [4.78, 5) is 12.1. The molecule has 1 heterocycles. The maximum absolute atomic E-state index is 12.1. The Morgan fingerprint density at radius 3 is 2.48 bits per heavy atom. The maximum Gasteiger partial charge on any atom is 0.228 e. The van der Waals surface area contributed by atoms with Gasteiger partial charge in [-0.15, -0.1) is 0 Å². The molecule has 4 heteroatoms. The van der Waals surface area contributed by atoms with E-state index in [0.717, 1.165) is 22.7 Å². The summed E-state index contributed by atoms with van der Waals surface area (Å²) in [6.07, 6.45) is 4.32. The number of nitrogens with zero attached hydrogens (tertiary/aromatic N) is 1. The normalized spacial score (nSPS) is 10.3. The number of nitrogens with one attached hydrogen (secondary N) is 1. The third-order valence-corrected chi connectivity index (χ3v) is 3.56. The molecule has 0 fully saturated rings. The minimum atomic E-state index is -0.0491. The van der Waals surface area contributed by atoms with Crippen LogP contribution in [0.15, 0.2) is 73.1 Å². The third-order valence-electron chi connectivity index (χ3n) is 3.56. The number of hydrogen-bond acceptors (Lipinski definition) is 2. The average Bonchev–Trinajstić information content (AvgIpc) is 3.10. The van der Waals surface area contributed by atoms with Crippen molar-refractivity contribution in [2.45, 2.75) is 6.42 Å². The summed E-state index contributed by atoms with van der Waals surface area (Å²) >= 11 is 0. The quantitative estimate of drug-likeness (QED) is 0.781. The molecule has 0 saturated heterocycles. The molecule has 0 aliphatic heterocycles. The molecule has 1 amide bonds. The second-order valence-corrected chi connectivity index (χ2v) is 5.21. The van der Waals surface area contributed by atoms with Gasteiger partial charge in [0.05, 0.1) is 13.5 Å². The molecule has 0 spiro atoms. The summed E-state index contributed by atoms with van der Waals surface area (Å²) in [6, 6.07) is 19.3. The lowest BCUT2D eigenvalue weighted by Crippen LogP contribution is -2.14. The Balaban J connectivity index is 1.63. The Morgan fingerprint density at radius 1 is 1.04 bits per heavy atom. The van der Waals surface area contributed by atoms with Crippen molar-refractivity contribution < 1.29 is 9.53 Å². The third kappa shape index (κ3) is 3.80. The molecule has 23 heavy (non-hydrogen) atoms. The van der Waals surface area contributed by atoms with Gasteiger partial charge in [0.25, 0.3) is 0 Å². The van der Waals surface area contributed by atoms with Crippen molar-refractivity contribution in [3.8, 4) is 11.4 Å². The first-order chi connectivity index (χ1) is 11.2. The number of carbonyl (C=O) groups excluding carboxylic acids is 1. The van der Waals surface area contributed by atoms with Crippen molar-refractivity contribution in [3.05, 3.63) is 78.6 Å². The van der Waals surface area contributed by atoms with Crippen molar-refractivity contribution in [1.29, 1.82) is 0 Å². The Kier molecular flexibility index (Phi) is 4.43. The Hall–Kier alpha value is -3.01. The summed E-state index contributed by atoms with van der Waals surface area (Å²) in [6.45, 7) is 0. The highest BCUT2D eigenvalue weighted by Gasteiger charge is 2.05. The highest BCUT2D eigenvalue weighted by atomic mass is 16.5. The van der Waals surface area contributed by atoms with Crippen LogP contribution in [0.25, 0.3) is 5.69 Å². The highest BCUT2D eigenvalue weighted by molar-refractivity contribution is 5.92. The van der Waals surface area contributed by atoms with E-state index >= 15 is 0 Å². The number of hydrogen-bond donors (Lipinski definition) is 1. The van der Waals surface area contributed by atoms with Crippen molar-refractivity contribution in [2.75, 3.05) is 12.4 Å². The monoisotopic (exact) mass is 306 g/mol. The van der Waals surface area contributed by atoms with Crippen LogP contribution in [-0.4, -0.2) is 17.6 Å². The second kappa shape index (κ2) is 6.83. The van der Waals surface area contributed by atoms with E-state index in [1.165, 1.54) is 0 Å². The molecule has 0 atom stereocenters. The molecule has 1 N–H and O–H groups in total. The molecule has 3 aromatic rings. The van der Waals surface area contributed by atoms with Crippen molar-refractivity contribution in [1.82, 2.24) is 4.57 Å². The second-order valence-electron chi connectivity index (χ2n) is 5.21. The zero-order valence-corrected chi connectivity index (χ0v) is 12.9. The van der Waals surface area contributed by atoms with E-state index in [2.05, 4.69) is 5.32 Å². The van der Waals surface area contributed by atoms with Gasteiger partial charge in [-0.1, -0.05) is 18.2 Å². The van der Waals surface area contributed by atoms with E-state index < -0.39 is 0 Å². The standard InChI is InChI=1S/C19H18N2O2/c1-23-18-6-4-5-16(14-18)20-19(22)13-15-7-9-17(10-8-15)21-11-2-3-12-21/h2-12,14H,13H2,1H3,(H,20,22). The zero-order chi connectivity index (χ0) is 16.1. The van der Waals surface area contributed by atoms with Gasteiger partial charge in [0.2, 0.25) is 5.91 Å². The first-order valence-corrected chi connectivity index (χ1v) is 7.41. The van der Waals surface area contributed by atoms with E-state index in [-0.39, 0.29) is 5.91 Å². The fourth-order valence-corrected chi connectivity index (χ4v) is 2.38. The molecule has 2 aromatic carbocycles. The fourth-order valence-electron chi connectivity index (χ4n) is 2.38. The van der Waals surface area contributed by atoms with E-state index in [1.807, 2.05) is 71.6 Å². The minimum absolute atomic E-state index is 0.0491. The SMILES string of the molecule is COc1cccc(NC(=O)Cc2ccc(-n3cccc3)cc2)c1. The van der Waals surface area contributed by atoms with Crippen LogP contribution in [0.2, 0.25) is 0 Å². The van der Waals surface area contributed by atoms with Gasteiger partial charge in [-0.05, 0) is 42.0 Å². The fraction of sp³-hybridized carbons (Fsp3) is 0.105. The smallest absolute Gasteiger partial charge is 0.228 e. The Morgan fingerprint density at radius 2 is 1.78 bits per heavy atom. The van der Waals surface area contributed by atoms with Gasteiger partial charge in [0.1, 0.15) is 5.75 Å². The predicted octanol–water partition coefficient (Wildman–Crippen LogP) is 3.67. The number of amides is 1. The van der Waals surface area contributed by atoms with Crippen LogP contribution in [0, 0.1) is 0 Å². The lowest BCUT2D eigenvalue weighted by Gasteiger charge is -2.08. The summed E-state index contributed by atoms with van der Waals surface area (Å²) in [7, 11) is 1.60. The number of methoxy groups -OCH3 is 1. The average molecular weight is 306 g/mol. The minimum Gasteiger partial charge on any atom is -0.497 e. The number of ether oxygens (including phenoxy) is 1. The summed E-state index contributed by atoms with van der Waals surface area (Å²) in [5.74, 6) is 0.672. The molecule has 116 valence electrons. The lowest BCUT2D eigenvalue weighted by molar-refractivity contribution is -0.115. The molecule has 0 saturated carbocycles. The Labute approximate surface area is 135 Å². The Bertz CT molecular complexity index is 777. The van der Waals surface area contributed by atoms with Gasteiger partial charge in [0.15, 0.2) is 0 Å². The van der Waals surface area contributed by atoms with E-state index in [4.69, 9.17) is 4.74 Å². The molecule has 0 aliphatic rings. The van der Waals surface area contributed by atoms with Gasteiger partial charge < -0.3 is 14.6 Å². The molecule has 1 aromatic heterocycles. The van der Waals surface area contributed by atoms with Crippen molar-refractivity contribution in [3.63, 3.8) is 0 Å². The van der Waals surface area contributed by atoms with Crippen LogP contribution >= 0.6 is 0 Å². The van der Waals surface area contributed by atoms with Crippen LogP contribution < -0.4 is 10.1 Å². The van der Waals surface area contributed by atoms with Gasteiger partial charge in [-0.2, -0.15) is 0 Å². The molecular formula is C19H18N2O2. The summed E-state index contributed by atoms with van der Waals surface area (Å²) in [5, 5.41) is 2.88. The molecule has 0 aliphatic carbocycles. The van der Waals surface area contributed by atoms with Crippen LogP contribution in [0.4, 0.5) is 5.69 Å². The maximum atomic E-state index is 12.1. The number of benzene rings is 2. The first kappa shape index (κ1) is 14.9. The first-order valence-electron chi connectivity index (χ1n) is 7.41. The van der Waals surface area contributed by atoms with Gasteiger partial charge >= 0.3 is 0 Å².